The molecule has 0 spiro atoms. The van der Waals surface area contributed by atoms with E-state index in [-0.39, 0.29) is 17.3 Å². The molecule has 0 saturated carbocycles. The van der Waals surface area contributed by atoms with Crippen LogP contribution in [0.25, 0.3) is 0 Å². The lowest BCUT2D eigenvalue weighted by Crippen LogP contribution is -2.14. The summed E-state index contributed by atoms with van der Waals surface area (Å²) >= 11 is 0. The number of hydrogen-bond donors (Lipinski definition) is 1. The standard InChI is InChI=1S/C10H11NO3S/c1-3-6-14-9-5-4-8(2)7-10(9)15(11,12)13/h1,4-5,7H,6H2,2H3,(H2,11,12,13). The molecule has 0 heterocycles. The summed E-state index contributed by atoms with van der Waals surface area (Å²) in [7, 11) is -3.78. The molecule has 0 amide bonds. The molecule has 1 aromatic carbocycles. The average Bonchev–Trinajstić information content (AvgIpc) is 2.14. The van der Waals surface area contributed by atoms with E-state index >= 15 is 0 Å². The van der Waals surface area contributed by atoms with Gasteiger partial charge >= 0.3 is 0 Å². The Morgan fingerprint density at radius 1 is 1.53 bits per heavy atom. The van der Waals surface area contributed by atoms with Gasteiger partial charge < -0.3 is 4.74 Å². The molecular weight excluding hydrogens is 214 g/mol. The second-order valence-corrected chi connectivity index (χ2v) is 4.52. The highest BCUT2D eigenvalue weighted by Gasteiger charge is 2.14. The minimum Gasteiger partial charge on any atom is -0.480 e. The van der Waals surface area contributed by atoms with Crippen molar-refractivity contribution in [3.8, 4) is 18.1 Å². The van der Waals surface area contributed by atoms with Crippen LogP contribution in [0.5, 0.6) is 5.75 Å². The Kier molecular flexibility index (Phi) is 3.35. The Morgan fingerprint density at radius 2 is 2.20 bits per heavy atom. The summed E-state index contributed by atoms with van der Waals surface area (Å²) < 4.78 is 27.5. The van der Waals surface area contributed by atoms with Crippen molar-refractivity contribution in [3.05, 3.63) is 23.8 Å². The quantitative estimate of drug-likeness (QED) is 0.768. The second kappa shape index (κ2) is 4.34. The van der Waals surface area contributed by atoms with E-state index in [1.165, 1.54) is 12.1 Å². The van der Waals surface area contributed by atoms with Crippen LogP contribution in [0.4, 0.5) is 0 Å². The fraction of sp³-hybridized carbons (Fsp3) is 0.200. The lowest BCUT2D eigenvalue weighted by atomic mass is 10.2. The minimum absolute atomic E-state index is 0.00554. The van der Waals surface area contributed by atoms with E-state index in [2.05, 4.69) is 5.92 Å². The summed E-state index contributed by atoms with van der Waals surface area (Å²) in [4.78, 5) is -0.0437. The van der Waals surface area contributed by atoms with Crippen molar-refractivity contribution in [1.82, 2.24) is 0 Å². The number of sulfonamides is 1. The van der Waals surface area contributed by atoms with Gasteiger partial charge in [0.1, 0.15) is 17.3 Å². The fourth-order valence-corrected chi connectivity index (χ4v) is 1.83. The van der Waals surface area contributed by atoms with Crippen LogP contribution in [0.1, 0.15) is 5.56 Å². The van der Waals surface area contributed by atoms with E-state index in [9.17, 15) is 8.42 Å². The Labute approximate surface area is 89.1 Å². The molecule has 0 aromatic heterocycles. The molecule has 1 aromatic rings. The highest BCUT2D eigenvalue weighted by Crippen LogP contribution is 2.23. The van der Waals surface area contributed by atoms with Gasteiger partial charge in [-0.1, -0.05) is 12.0 Å². The van der Waals surface area contributed by atoms with Gasteiger partial charge in [-0.15, -0.1) is 6.42 Å². The summed E-state index contributed by atoms with van der Waals surface area (Å²) in [6.45, 7) is 1.77. The molecule has 0 radical (unpaired) electrons. The van der Waals surface area contributed by atoms with Gasteiger partial charge in [-0.2, -0.15) is 0 Å². The maximum absolute atomic E-state index is 11.2. The summed E-state index contributed by atoms with van der Waals surface area (Å²) in [5, 5.41) is 5.04. The number of benzene rings is 1. The summed E-state index contributed by atoms with van der Waals surface area (Å²) in [6, 6.07) is 4.70. The zero-order valence-corrected chi connectivity index (χ0v) is 9.04. The molecule has 0 fully saturated rings. The SMILES string of the molecule is C#CCOc1ccc(C)cc1S(N)(=O)=O. The highest BCUT2D eigenvalue weighted by molar-refractivity contribution is 7.89. The first-order valence-electron chi connectivity index (χ1n) is 4.15. The van der Waals surface area contributed by atoms with Crippen LogP contribution in [0.15, 0.2) is 23.1 Å². The monoisotopic (exact) mass is 225 g/mol. The first-order chi connectivity index (χ1) is 6.95. The van der Waals surface area contributed by atoms with Crippen molar-refractivity contribution in [3.63, 3.8) is 0 Å². The van der Waals surface area contributed by atoms with Crippen LogP contribution < -0.4 is 9.88 Å². The number of primary sulfonamides is 1. The average molecular weight is 225 g/mol. The van der Waals surface area contributed by atoms with E-state index in [1.54, 1.807) is 13.0 Å². The molecular formula is C10H11NO3S. The topological polar surface area (TPSA) is 69.4 Å². The van der Waals surface area contributed by atoms with Crippen molar-refractivity contribution in [2.75, 3.05) is 6.61 Å². The zero-order valence-electron chi connectivity index (χ0n) is 8.23. The Morgan fingerprint density at radius 3 is 2.73 bits per heavy atom. The van der Waals surface area contributed by atoms with Crippen molar-refractivity contribution in [2.24, 2.45) is 5.14 Å². The van der Waals surface area contributed by atoms with E-state index in [0.717, 1.165) is 5.56 Å². The minimum atomic E-state index is -3.78. The first-order valence-corrected chi connectivity index (χ1v) is 5.69. The van der Waals surface area contributed by atoms with E-state index < -0.39 is 10.0 Å². The predicted molar refractivity (Wildman–Crippen MR) is 56.9 cm³/mol. The summed E-state index contributed by atoms with van der Waals surface area (Å²) in [5.74, 6) is 2.43. The van der Waals surface area contributed by atoms with Crippen molar-refractivity contribution >= 4 is 10.0 Å². The smallest absolute Gasteiger partial charge is 0.241 e. The molecule has 0 aliphatic heterocycles. The van der Waals surface area contributed by atoms with E-state index in [4.69, 9.17) is 16.3 Å². The van der Waals surface area contributed by atoms with Gasteiger partial charge in [0.15, 0.2) is 0 Å². The van der Waals surface area contributed by atoms with Crippen LogP contribution in [0, 0.1) is 19.3 Å². The number of aryl methyl sites for hydroxylation is 1. The number of rotatable bonds is 3. The van der Waals surface area contributed by atoms with Gasteiger partial charge in [-0.3, -0.25) is 0 Å². The van der Waals surface area contributed by atoms with Crippen molar-refractivity contribution in [2.45, 2.75) is 11.8 Å². The van der Waals surface area contributed by atoms with Gasteiger partial charge in [0.05, 0.1) is 0 Å². The van der Waals surface area contributed by atoms with Crippen LogP contribution in [0.2, 0.25) is 0 Å². The molecule has 4 nitrogen and oxygen atoms in total. The predicted octanol–water partition coefficient (Wildman–Crippen LogP) is 0.654. The van der Waals surface area contributed by atoms with Crippen LogP contribution in [0.3, 0.4) is 0 Å². The fourth-order valence-electron chi connectivity index (χ4n) is 1.08. The zero-order chi connectivity index (χ0) is 11.5. The molecule has 1 rings (SSSR count). The number of nitrogens with two attached hydrogens (primary N) is 1. The number of terminal acetylenes is 1. The number of hydrogen-bond acceptors (Lipinski definition) is 3. The van der Waals surface area contributed by atoms with Crippen LogP contribution >= 0.6 is 0 Å². The lowest BCUT2D eigenvalue weighted by Gasteiger charge is -2.08. The maximum Gasteiger partial charge on any atom is 0.241 e. The molecule has 0 aliphatic carbocycles. The third kappa shape index (κ3) is 2.98. The summed E-state index contributed by atoms with van der Waals surface area (Å²) in [6.07, 6.45) is 5.01. The van der Waals surface area contributed by atoms with E-state index in [1.807, 2.05) is 0 Å². The second-order valence-electron chi connectivity index (χ2n) is 2.99. The van der Waals surface area contributed by atoms with Crippen LogP contribution in [-0.4, -0.2) is 15.0 Å². The molecule has 2 N–H and O–H groups in total. The third-order valence-corrected chi connectivity index (χ3v) is 2.65. The number of ether oxygens (including phenoxy) is 1. The molecule has 0 unspecified atom stereocenters. The molecule has 0 bridgehead atoms. The Hall–Kier alpha value is -1.51. The first kappa shape index (κ1) is 11.6. The normalized spacial score (nSPS) is 10.7. The van der Waals surface area contributed by atoms with Crippen molar-refractivity contribution in [1.29, 1.82) is 0 Å². The molecule has 80 valence electrons. The van der Waals surface area contributed by atoms with Gasteiger partial charge in [0.25, 0.3) is 0 Å². The summed E-state index contributed by atoms with van der Waals surface area (Å²) in [5.41, 5.74) is 0.784. The van der Waals surface area contributed by atoms with E-state index in [0.29, 0.717) is 0 Å². The molecule has 15 heavy (non-hydrogen) atoms. The van der Waals surface area contributed by atoms with Gasteiger partial charge in [-0.05, 0) is 24.6 Å². The largest absolute Gasteiger partial charge is 0.480 e. The van der Waals surface area contributed by atoms with Crippen molar-refractivity contribution < 1.29 is 13.2 Å². The molecule has 5 heteroatoms. The van der Waals surface area contributed by atoms with Crippen LogP contribution in [-0.2, 0) is 10.0 Å². The molecule has 0 aliphatic rings. The highest BCUT2D eigenvalue weighted by atomic mass is 32.2. The molecule has 0 saturated heterocycles. The Balaban J connectivity index is 3.22. The maximum atomic E-state index is 11.2. The third-order valence-electron chi connectivity index (χ3n) is 1.72. The molecule has 0 atom stereocenters. The van der Waals surface area contributed by atoms with Gasteiger partial charge in [-0.25, -0.2) is 13.6 Å². The lowest BCUT2D eigenvalue weighted by molar-refractivity contribution is 0.360. The van der Waals surface area contributed by atoms with Gasteiger partial charge in [0, 0.05) is 0 Å². The van der Waals surface area contributed by atoms with Gasteiger partial charge in [0.2, 0.25) is 10.0 Å². The Bertz CT molecular complexity index is 500.